The largest absolute Gasteiger partial charge is 0.368 e. The number of piperazine rings is 1. The first kappa shape index (κ1) is 24.4. The van der Waals surface area contributed by atoms with E-state index in [4.69, 9.17) is 0 Å². The molecule has 0 saturated carbocycles. The van der Waals surface area contributed by atoms with Crippen molar-refractivity contribution in [3.8, 4) is 5.69 Å². The van der Waals surface area contributed by atoms with E-state index in [0.29, 0.717) is 37.0 Å². The molecule has 0 aliphatic carbocycles. The zero-order valence-corrected chi connectivity index (χ0v) is 20.6. The van der Waals surface area contributed by atoms with Gasteiger partial charge in [-0.1, -0.05) is 42.1 Å². The molecule has 1 saturated heterocycles. The van der Waals surface area contributed by atoms with Crippen LogP contribution in [0.5, 0.6) is 0 Å². The number of benzene rings is 3. The summed E-state index contributed by atoms with van der Waals surface area (Å²) in [6, 6.07) is 23.1. The van der Waals surface area contributed by atoms with E-state index in [1.54, 1.807) is 21.7 Å². The fourth-order valence-electron chi connectivity index (χ4n) is 4.06. The Morgan fingerprint density at radius 3 is 2.30 bits per heavy atom. The van der Waals surface area contributed by atoms with E-state index >= 15 is 0 Å². The highest BCUT2D eigenvalue weighted by atomic mass is 32.2. The number of halogens is 1. The molecule has 1 aliphatic rings. The van der Waals surface area contributed by atoms with Crippen LogP contribution < -0.4 is 10.2 Å². The highest BCUT2D eigenvalue weighted by Gasteiger charge is 2.24. The molecule has 2 amide bonds. The van der Waals surface area contributed by atoms with E-state index in [1.807, 2.05) is 54.6 Å². The van der Waals surface area contributed by atoms with Crippen LogP contribution in [0.1, 0.15) is 10.4 Å². The Kier molecular flexibility index (Phi) is 7.41. The van der Waals surface area contributed by atoms with Gasteiger partial charge in [-0.3, -0.25) is 9.59 Å². The summed E-state index contributed by atoms with van der Waals surface area (Å²) in [5, 5.41) is 15.1. The summed E-state index contributed by atoms with van der Waals surface area (Å²) in [5.74, 6) is -0.791. The lowest BCUT2D eigenvalue weighted by atomic mass is 10.1. The van der Waals surface area contributed by atoms with Crippen LogP contribution in [0.15, 0.2) is 84.0 Å². The van der Waals surface area contributed by atoms with Crippen LogP contribution >= 0.6 is 11.8 Å². The van der Waals surface area contributed by atoms with Crippen molar-refractivity contribution in [2.75, 3.05) is 42.1 Å². The SMILES string of the molecule is O=C(CSc1nnnn1-c1ccccc1)Nc1ccc(N2CCN(C(=O)c3ccccc3F)CC2)cc1. The van der Waals surface area contributed by atoms with Crippen molar-refractivity contribution in [1.82, 2.24) is 25.1 Å². The summed E-state index contributed by atoms with van der Waals surface area (Å²) >= 11 is 1.25. The first-order valence-corrected chi connectivity index (χ1v) is 12.7. The van der Waals surface area contributed by atoms with Gasteiger partial charge in [0.05, 0.1) is 17.0 Å². The molecule has 0 atom stereocenters. The normalized spacial score (nSPS) is 13.4. The molecule has 0 unspecified atom stereocenters. The highest BCUT2D eigenvalue weighted by molar-refractivity contribution is 7.99. The number of carbonyl (C=O) groups is 2. The Hall–Kier alpha value is -4.25. The number of anilines is 2. The van der Waals surface area contributed by atoms with Crippen LogP contribution in [0.4, 0.5) is 15.8 Å². The van der Waals surface area contributed by atoms with Crippen molar-refractivity contribution in [2.24, 2.45) is 0 Å². The molecule has 4 aromatic rings. The lowest BCUT2D eigenvalue weighted by molar-refractivity contribution is -0.113. The summed E-state index contributed by atoms with van der Waals surface area (Å²) in [6.45, 7) is 2.29. The average Bonchev–Trinajstić information content (AvgIpc) is 3.42. The standard InChI is InChI=1S/C26H24FN7O2S/c27-23-9-5-4-8-22(23)25(36)33-16-14-32(15-17-33)20-12-10-19(11-13-20)28-24(35)18-37-26-29-30-31-34(26)21-6-2-1-3-7-21/h1-13H,14-18H2,(H,28,35). The van der Waals surface area contributed by atoms with Gasteiger partial charge in [0.25, 0.3) is 5.91 Å². The summed E-state index contributed by atoms with van der Waals surface area (Å²) in [5.41, 5.74) is 2.60. The quantitative estimate of drug-likeness (QED) is 0.375. The van der Waals surface area contributed by atoms with Crippen molar-refractivity contribution in [3.05, 3.63) is 90.2 Å². The highest BCUT2D eigenvalue weighted by Crippen LogP contribution is 2.22. The van der Waals surface area contributed by atoms with Gasteiger partial charge in [-0.05, 0) is 59.0 Å². The zero-order valence-electron chi connectivity index (χ0n) is 19.8. The van der Waals surface area contributed by atoms with Crippen molar-refractivity contribution >= 4 is 35.0 Å². The van der Waals surface area contributed by atoms with Crippen LogP contribution in [0.2, 0.25) is 0 Å². The Labute approximate surface area is 217 Å². The number of rotatable bonds is 7. The molecule has 1 aromatic heterocycles. The van der Waals surface area contributed by atoms with Crippen molar-refractivity contribution in [1.29, 1.82) is 0 Å². The van der Waals surface area contributed by atoms with Gasteiger partial charge in [-0.2, -0.15) is 4.68 Å². The van der Waals surface area contributed by atoms with Gasteiger partial charge in [0.15, 0.2) is 0 Å². The number of hydrogen-bond donors (Lipinski definition) is 1. The van der Waals surface area contributed by atoms with E-state index in [0.717, 1.165) is 11.4 Å². The third kappa shape index (κ3) is 5.78. The molecule has 3 aromatic carbocycles. The molecule has 0 radical (unpaired) electrons. The van der Waals surface area contributed by atoms with E-state index in [1.165, 1.54) is 23.9 Å². The van der Waals surface area contributed by atoms with E-state index < -0.39 is 5.82 Å². The minimum atomic E-state index is -0.499. The second kappa shape index (κ2) is 11.2. The predicted octanol–water partition coefficient (Wildman–Crippen LogP) is 3.49. The third-order valence-corrected chi connectivity index (χ3v) is 6.88. The number of carbonyl (C=O) groups excluding carboxylic acids is 2. The van der Waals surface area contributed by atoms with Gasteiger partial charge in [0.2, 0.25) is 11.1 Å². The summed E-state index contributed by atoms with van der Waals surface area (Å²) < 4.78 is 15.6. The minimum Gasteiger partial charge on any atom is -0.368 e. The van der Waals surface area contributed by atoms with Crippen LogP contribution in [-0.4, -0.2) is 68.9 Å². The molecule has 0 spiro atoms. The number of aromatic nitrogens is 4. The summed E-state index contributed by atoms with van der Waals surface area (Å²) in [6.07, 6.45) is 0. The number of nitrogens with zero attached hydrogens (tertiary/aromatic N) is 6. The Morgan fingerprint density at radius 2 is 1.57 bits per heavy atom. The maximum Gasteiger partial charge on any atom is 0.256 e. The van der Waals surface area contributed by atoms with E-state index in [9.17, 15) is 14.0 Å². The molecule has 11 heteroatoms. The molecule has 188 valence electrons. The van der Waals surface area contributed by atoms with Gasteiger partial charge < -0.3 is 15.1 Å². The first-order chi connectivity index (χ1) is 18.1. The molecular weight excluding hydrogens is 493 g/mol. The molecule has 0 bridgehead atoms. The number of amides is 2. The first-order valence-electron chi connectivity index (χ1n) is 11.7. The fourth-order valence-corrected chi connectivity index (χ4v) is 4.75. The third-order valence-electron chi connectivity index (χ3n) is 5.96. The van der Waals surface area contributed by atoms with Crippen LogP contribution in [0, 0.1) is 5.82 Å². The molecule has 1 fully saturated rings. The molecular formula is C26H24FN7O2S. The molecule has 1 N–H and O–H groups in total. The van der Waals surface area contributed by atoms with Crippen LogP contribution in [-0.2, 0) is 4.79 Å². The minimum absolute atomic E-state index is 0.103. The van der Waals surface area contributed by atoms with E-state index in [-0.39, 0.29) is 23.1 Å². The lowest BCUT2D eigenvalue weighted by Gasteiger charge is -2.36. The maximum atomic E-state index is 14.0. The summed E-state index contributed by atoms with van der Waals surface area (Å²) in [7, 11) is 0. The lowest BCUT2D eigenvalue weighted by Crippen LogP contribution is -2.49. The van der Waals surface area contributed by atoms with Crippen molar-refractivity contribution in [2.45, 2.75) is 5.16 Å². The average molecular weight is 518 g/mol. The van der Waals surface area contributed by atoms with E-state index in [2.05, 4.69) is 25.7 Å². The number of nitrogens with one attached hydrogen (secondary N) is 1. The van der Waals surface area contributed by atoms with Crippen molar-refractivity contribution in [3.63, 3.8) is 0 Å². The topological polar surface area (TPSA) is 96.2 Å². The molecule has 1 aliphatic heterocycles. The smallest absolute Gasteiger partial charge is 0.256 e. The molecule has 9 nitrogen and oxygen atoms in total. The van der Waals surface area contributed by atoms with Gasteiger partial charge in [-0.15, -0.1) is 5.10 Å². The zero-order chi connectivity index (χ0) is 25.6. The number of tetrazole rings is 1. The number of thioether (sulfide) groups is 1. The number of para-hydroxylation sites is 1. The molecule has 2 heterocycles. The van der Waals surface area contributed by atoms with Gasteiger partial charge in [-0.25, -0.2) is 4.39 Å². The monoisotopic (exact) mass is 517 g/mol. The Bertz CT molecular complexity index is 1370. The second-order valence-electron chi connectivity index (χ2n) is 8.35. The van der Waals surface area contributed by atoms with Gasteiger partial charge >= 0.3 is 0 Å². The van der Waals surface area contributed by atoms with Gasteiger partial charge in [0.1, 0.15) is 5.82 Å². The predicted molar refractivity (Wildman–Crippen MR) is 139 cm³/mol. The fraction of sp³-hybridized carbons (Fsp3) is 0.192. The number of hydrogen-bond acceptors (Lipinski definition) is 7. The van der Waals surface area contributed by atoms with Gasteiger partial charge in [0, 0.05) is 37.6 Å². The molecule has 5 rings (SSSR count). The van der Waals surface area contributed by atoms with Crippen LogP contribution in [0.25, 0.3) is 5.69 Å². The Balaban J connectivity index is 1.11. The summed E-state index contributed by atoms with van der Waals surface area (Å²) in [4.78, 5) is 29.0. The Morgan fingerprint density at radius 1 is 0.865 bits per heavy atom. The van der Waals surface area contributed by atoms with Crippen molar-refractivity contribution < 1.29 is 14.0 Å². The maximum absolute atomic E-state index is 14.0. The second-order valence-corrected chi connectivity index (χ2v) is 9.29. The van der Waals surface area contributed by atoms with Crippen LogP contribution in [0.3, 0.4) is 0 Å². The molecule has 37 heavy (non-hydrogen) atoms.